The highest BCUT2D eigenvalue weighted by molar-refractivity contribution is 5.43. The van der Waals surface area contributed by atoms with Gasteiger partial charge in [0, 0.05) is 31.9 Å². The fourth-order valence-corrected chi connectivity index (χ4v) is 3.02. The number of likely N-dealkylation sites (N-methyl/N-ethyl adjacent to an activating group) is 1. The van der Waals surface area contributed by atoms with E-state index in [2.05, 4.69) is 48.7 Å². The average molecular weight is 402 g/mol. The summed E-state index contributed by atoms with van der Waals surface area (Å²) in [5.74, 6) is 1.32. The Morgan fingerprint density at radius 3 is 2.52 bits per heavy atom. The van der Waals surface area contributed by atoms with Crippen molar-refractivity contribution in [3.05, 3.63) is 53.3 Å². The number of rotatable bonds is 11. The van der Waals surface area contributed by atoms with Gasteiger partial charge in [-0.1, -0.05) is 12.1 Å². The first-order valence-corrected chi connectivity index (χ1v) is 10.1. The molecule has 0 aliphatic carbocycles. The van der Waals surface area contributed by atoms with Gasteiger partial charge in [-0.25, -0.2) is 0 Å². The quantitative estimate of drug-likeness (QED) is 0.624. The zero-order valence-corrected chi connectivity index (χ0v) is 18.6. The zero-order valence-electron chi connectivity index (χ0n) is 18.6. The highest BCUT2D eigenvalue weighted by Gasteiger charge is 2.14. The minimum atomic E-state index is -0.564. The molecule has 0 radical (unpaired) electrons. The van der Waals surface area contributed by atoms with Crippen LogP contribution in [0.25, 0.3) is 0 Å². The third-order valence-corrected chi connectivity index (χ3v) is 5.03. The van der Waals surface area contributed by atoms with Gasteiger partial charge in [-0.2, -0.15) is 0 Å². The average Bonchev–Trinajstić information content (AvgIpc) is 2.68. The number of nitrogens with zero attached hydrogens (tertiary/aromatic N) is 3. The number of hydrogen-bond acceptors (Lipinski definition) is 6. The van der Waals surface area contributed by atoms with E-state index in [1.165, 1.54) is 5.56 Å². The van der Waals surface area contributed by atoms with Gasteiger partial charge in [0.15, 0.2) is 11.5 Å². The Morgan fingerprint density at radius 1 is 1.10 bits per heavy atom. The third-order valence-electron chi connectivity index (χ3n) is 5.03. The Hall–Kier alpha value is -2.15. The van der Waals surface area contributed by atoms with E-state index in [9.17, 15) is 5.11 Å². The van der Waals surface area contributed by atoms with Crippen molar-refractivity contribution in [1.82, 2.24) is 14.8 Å². The summed E-state index contributed by atoms with van der Waals surface area (Å²) in [6, 6.07) is 10.4. The van der Waals surface area contributed by atoms with Gasteiger partial charge in [0.25, 0.3) is 0 Å². The van der Waals surface area contributed by atoms with Gasteiger partial charge in [0.1, 0.15) is 12.7 Å². The lowest BCUT2D eigenvalue weighted by molar-refractivity contribution is 0.0668. The van der Waals surface area contributed by atoms with Crippen LogP contribution in [-0.4, -0.2) is 66.4 Å². The molecule has 6 nitrogen and oxygen atoms in total. The molecule has 0 spiro atoms. The Morgan fingerprint density at radius 2 is 1.86 bits per heavy atom. The molecule has 0 saturated carbocycles. The number of pyridine rings is 1. The molecule has 1 aromatic heterocycles. The van der Waals surface area contributed by atoms with E-state index in [4.69, 9.17) is 9.47 Å². The van der Waals surface area contributed by atoms with Crippen LogP contribution in [0.4, 0.5) is 0 Å². The summed E-state index contributed by atoms with van der Waals surface area (Å²) in [5.41, 5.74) is 3.39. The highest BCUT2D eigenvalue weighted by atomic mass is 16.5. The molecule has 0 aliphatic rings. The first kappa shape index (κ1) is 23.1. The minimum Gasteiger partial charge on any atom is -0.493 e. The van der Waals surface area contributed by atoms with Gasteiger partial charge < -0.3 is 19.5 Å². The fraction of sp³-hybridized carbons (Fsp3) is 0.522. The van der Waals surface area contributed by atoms with Crippen molar-refractivity contribution in [2.45, 2.75) is 46.0 Å². The van der Waals surface area contributed by atoms with Crippen LogP contribution in [0.15, 0.2) is 36.5 Å². The number of aromatic nitrogens is 1. The van der Waals surface area contributed by atoms with Gasteiger partial charge in [-0.05, 0) is 64.2 Å². The van der Waals surface area contributed by atoms with Crippen molar-refractivity contribution < 1.29 is 14.6 Å². The van der Waals surface area contributed by atoms with Gasteiger partial charge in [-0.15, -0.1) is 0 Å². The van der Waals surface area contributed by atoms with Gasteiger partial charge in [-0.3, -0.25) is 9.88 Å². The molecule has 0 bridgehead atoms. The number of benzene rings is 1. The molecule has 1 atom stereocenters. The van der Waals surface area contributed by atoms with Crippen molar-refractivity contribution in [3.8, 4) is 11.5 Å². The second kappa shape index (κ2) is 11.1. The molecule has 0 aliphatic heterocycles. The maximum absolute atomic E-state index is 10.3. The van der Waals surface area contributed by atoms with Crippen molar-refractivity contribution in [2.75, 3.05) is 34.4 Å². The highest BCUT2D eigenvalue weighted by Crippen LogP contribution is 2.29. The summed E-state index contributed by atoms with van der Waals surface area (Å²) < 4.78 is 11.3. The van der Waals surface area contributed by atoms with Crippen LogP contribution in [0.5, 0.6) is 11.5 Å². The molecule has 1 aromatic carbocycles. The van der Waals surface area contributed by atoms with E-state index < -0.39 is 6.10 Å². The summed E-state index contributed by atoms with van der Waals surface area (Å²) in [6.07, 6.45) is 1.27. The molecule has 6 heteroatoms. The predicted octanol–water partition coefficient (Wildman–Crippen LogP) is 3.11. The van der Waals surface area contributed by atoms with E-state index in [0.717, 1.165) is 24.3 Å². The summed E-state index contributed by atoms with van der Waals surface area (Å²) in [5, 5.41) is 10.3. The number of aliphatic hydroxyl groups excluding tert-OH is 1. The zero-order chi connectivity index (χ0) is 21.4. The van der Waals surface area contributed by atoms with E-state index >= 15 is 0 Å². The van der Waals surface area contributed by atoms with E-state index in [1.807, 2.05) is 37.5 Å². The van der Waals surface area contributed by atoms with Crippen molar-refractivity contribution in [2.24, 2.45) is 0 Å². The standard InChI is InChI=1S/C23H35N3O3/c1-17(2)26(5)14-20(27)16-29-23-12-19(9-10-22(23)28-6)13-25(4)15-21-18(3)8-7-11-24-21/h7-12,17,20,27H,13-16H2,1-6H3. The van der Waals surface area contributed by atoms with Crippen LogP contribution in [-0.2, 0) is 13.1 Å². The second-order valence-electron chi connectivity index (χ2n) is 7.92. The van der Waals surface area contributed by atoms with Crippen LogP contribution < -0.4 is 9.47 Å². The number of ether oxygens (including phenoxy) is 2. The van der Waals surface area contributed by atoms with Crippen molar-refractivity contribution in [1.29, 1.82) is 0 Å². The maximum atomic E-state index is 10.3. The molecule has 0 fully saturated rings. The molecule has 1 N–H and O–H groups in total. The first-order chi connectivity index (χ1) is 13.8. The summed E-state index contributed by atoms with van der Waals surface area (Å²) in [6.45, 7) is 8.60. The topological polar surface area (TPSA) is 58.1 Å². The molecule has 1 heterocycles. The van der Waals surface area contributed by atoms with E-state index in [-0.39, 0.29) is 6.61 Å². The number of methoxy groups -OCH3 is 1. The Kier molecular flexibility index (Phi) is 8.89. The number of hydrogen-bond donors (Lipinski definition) is 1. The van der Waals surface area contributed by atoms with E-state index in [1.54, 1.807) is 7.11 Å². The number of aliphatic hydroxyl groups is 1. The lowest BCUT2D eigenvalue weighted by Gasteiger charge is -2.24. The van der Waals surface area contributed by atoms with Crippen LogP contribution >= 0.6 is 0 Å². The molecule has 160 valence electrons. The first-order valence-electron chi connectivity index (χ1n) is 10.1. The Balaban J connectivity index is 1.99. The molecule has 29 heavy (non-hydrogen) atoms. The van der Waals surface area contributed by atoms with Crippen LogP contribution in [0.1, 0.15) is 30.7 Å². The SMILES string of the molecule is COc1ccc(CN(C)Cc2ncccc2C)cc1OCC(O)CN(C)C(C)C. The molecule has 1 unspecified atom stereocenters. The molecule has 0 saturated heterocycles. The van der Waals surface area contributed by atoms with E-state index in [0.29, 0.717) is 24.1 Å². The van der Waals surface area contributed by atoms with Crippen LogP contribution in [0, 0.1) is 6.92 Å². The Labute approximate surface area is 175 Å². The van der Waals surface area contributed by atoms with Gasteiger partial charge in [0.2, 0.25) is 0 Å². The monoisotopic (exact) mass is 401 g/mol. The van der Waals surface area contributed by atoms with Gasteiger partial charge >= 0.3 is 0 Å². The van der Waals surface area contributed by atoms with Crippen LogP contribution in [0.2, 0.25) is 0 Å². The predicted molar refractivity (Wildman–Crippen MR) is 116 cm³/mol. The van der Waals surface area contributed by atoms with Crippen molar-refractivity contribution in [3.63, 3.8) is 0 Å². The normalized spacial score (nSPS) is 12.6. The van der Waals surface area contributed by atoms with Crippen LogP contribution in [0.3, 0.4) is 0 Å². The summed E-state index contributed by atoms with van der Waals surface area (Å²) in [4.78, 5) is 8.78. The Bertz CT molecular complexity index is 767. The lowest BCUT2D eigenvalue weighted by atomic mass is 10.1. The molecule has 2 rings (SSSR count). The maximum Gasteiger partial charge on any atom is 0.161 e. The van der Waals surface area contributed by atoms with Gasteiger partial charge in [0.05, 0.1) is 12.8 Å². The molecular weight excluding hydrogens is 366 g/mol. The minimum absolute atomic E-state index is 0.222. The fourth-order valence-electron chi connectivity index (χ4n) is 3.02. The lowest BCUT2D eigenvalue weighted by Crippen LogP contribution is -2.37. The molecule has 0 amide bonds. The molecule has 2 aromatic rings. The number of aryl methyl sites for hydroxylation is 1. The molecular formula is C23H35N3O3. The summed E-state index contributed by atoms with van der Waals surface area (Å²) >= 11 is 0. The smallest absolute Gasteiger partial charge is 0.161 e. The third kappa shape index (κ3) is 7.31. The summed E-state index contributed by atoms with van der Waals surface area (Å²) in [7, 11) is 5.69. The van der Waals surface area contributed by atoms with Crippen molar-refractivity contribution >= 4 is 0 Å². The second-order valence-corrected chi connectivity index (χ2v) is 7.92. The largest absolute Gasteiger partial charge is 0.493 e.